The first-order valence-electron chi connectivity index (χ1n) is 23.1. The van der Waals surface area contributed by atoms with Crippen LogP contribution in [0.3, 0.4) is 0 Å². The lowest BCUT2D eigenvalue weighted by molar-refractivity contribution is -0.266. The van der Waals surface area contributed by atoms with E-state index in [0.29, 0.717) is 65.6 Å². The largest absolute Gasteiger partial charge is 0.388 e. The Hall–Kier alpha value is -4.01. The van der Waals surface area contributed by atoms with Crippen LogP contribution in [0, 0.1) is 0 Å². The van der Waals surface area contributed by atoms with E-state index in [4.69, 9.17) is 28.4 Å². The van der Waals surface area contributed by atoms with Gasteiger partial charge in [0.1, 0.15) is 30.5 Å². The van der Waals surface area contributed by atoms with Crippen molar-refractivity contribution in [1.82, 2.24) is 10.2 Å². The Kier molecular flexibility index (Phi) is 20.5. The van der Waals surface area contributed by atoms with Gasteiger partial charge in [0, 0.05) is 13.5 Å². The van der Waals surface area contributed by atoms with Crippen LogP contribution in [-0.4, -0.2) is 102 Å². The topological polar surface area (TPSA) is 128 Å². The molecule has 9 atom stereocenters. The van der Waals surface area contributed by atoms with Gasteiger partial charge in [-0.15, -0.1) is 0 Å². The molecular weight excluding hydrogens is 797 g/mol. The van der Waals surface area contributed by atoms with E-state index in [1.54, 1.807) is 0 Å². The minimum Gasteiger partial charge on any atom is -0.388 e. The minimum absolute atomic E-state index is 0.219. The summed E-state index contributed by atoms with van der Waals surface area (Å²) in [6.45, 7) is 7.03. The van der Waals surface area contributed by atoms with Gasteiger partial charge in [-0.3, -0.25) is 9.69 Å². The Bertz CT molecular complexity index is 1730. The first kappa shape index (κ1) is 48.4. The average molecular weight is 867 g/mol. The number of nitrogens with one attached hydrogen (secondary N) is 1. The number of amides is 1. The van der Waals surface area contributed by atoms with Crippen LogP contribution in [0.2, 0.25) is 0 Å². The fourth-order valence-electron chi connectivity index (χ4n) is 8.72. The van der Waals surface area contributed by atoms with Crippen molar-refractivity contribution in [2.75, 3.05) is 26.4 Å². The summed E-state index contributed by atoms with van der Waals surface area (Å²) < 4.78 is 39.6. The third-order valence-corrected chi connectivity index (χ3v) is 12.1. The number of unbranched alkanes of at least 4 members (excludes halogenated alkanes) is 5. The van der Waals surface area contributed by atoms with E-state index in [9.17, 15) is 15.0 Å². The number of aliphatic hydroxyl groups is 2. The molecule has 63 heavy (non-hydrogen) atoms. The molecule has 6 rings (SSSR count). The first-order chi connectivity index (χ1) is 30.9. The number of ether oxygens (including phenoxy) is 6. The van der Waals surface area contributed by atoms with Crippen LogP contribution in [0.25, 0.3) is 0 Å². The molecule has 342 valence electrons. The zero-order chi connectivity index (χ0) is 44.1. The Morgan fingerprint density at radius 2 is 1.06 bits per heavy atom. The molecule has 0 radical (unpaired) electrons. The second-order valence-electron chi connectivity index (χ2n) is 16.9. The van der Waals surface area contributed by atoms with Gasteiger partial charge in [0.25, 0.3) is 0 Å². The second-order valence-corrected chi connectivity index (χ2v) is 16.9. The third-order valence-electron chi connectivity index (χ3n) is 12.1. The Morgan fingerprint density at radius 3 is 1.54 bits per heavy atom. The molecule has 2 aliphatic heterocycles. The number of carbonyl (C=O) groups excluding carboxylic acids is 1. The second kappa shape index (κ2) is 26.7. The van der Waals surface area contributed by atoms with E-state index in [2.05, 4.69) is 65.7 Å². The first-order valence-corrected chi connectivity index (χ1v) is 23.1. The summed E-state index contributed by atoms with van der Waals surface area (Å²) >= 11 is 0. The van der Waals surface area contributed by atoms with Crippen LogP contribution in [0.4, 0.5) is 0 Å². The standard InChI is InChI=1S/C52H70N2O9/c1-3-4-5-6-7-20-32-60-52-47(53-39(2)55)49(57)48(56)46(63-52)30-21-31-54-44(37-58-33-40-22-12-8-13-23-40)50(61-35-42-26-16-10-17-27-42)51(62-36-43-28-18-11-19-29-43)45(54)38-59-34-41-24-14-9-15-25-41/h8-19,22-29,44-52,56-57H,3-7,20-21,30-38H2,1-2H3,(H,53,55)/t44-,45-,46-,47-,48-,49-,50-,51+,52-/m1/s1. The molecule has 0 spiro atoms. The summed E-state index contributed by atoms with van der Waals surface area (Å²) in [5.41, 5.74) is 4.28. The Balaban J connectivity index is 1.23. The van der Waals surface area contributed by atoms with Crippen molar-refractivity contribution in [2.45, 2.75) is 147 Å². The summed E-state index contributed by atoms with van der Waals surface area (Å²) in [5, 5.41) is 25.6. The van der Waals surface area contributed by atoms with Crippen molar-refractivity contribution >= 4 is 5.91 Å². The molecule has 0 unspecified atom stereocenters. The van der Waals surface area contributed by atoms with Crippen LogP contribution in [0.1, 0.15) is 87.5 Å². The summed E-state index contributed by atoms with van der Waals surface area (Å²) in [4.78, 5) is 14.6. The van der Waals surface area contributed by atoms with Gasteiger partial charge in [0.15, 0.2) is 6.29 Å². The van der Waals surface area contributed by atoms with Crippen LogP contribution in [0.5, 0.6) is 0 Å². The number of benzene rings is 4. The van der Waals surface area contributed by atoms with Gasteiger partial charge in [0.2, 0.25) is 5.91 Å². The number of nitrogens with zero attached hydrogens (tertiary/aromatic N) is 1. The third kappa shape index (κ3) is 15.3. The van der Waals surface area contributed by atoms with Crippen molar-refractivity contribution < 1.29 is 43.4 Å². The molecule has 4 aromatic rings. The number of rotatable bonds is 27. The number of aliphatic hydroxyl groups excluding tert-OH is 2. The quantitative estimate of drug-likeness (QED) is 0.0513. The molecule has 11 heteroatoms. The van der Waals surface area contributed by atoms with E-state index < -0.39 is 30.6 Å². The van der Waals surface area contributed by atoms with Crippen LogP contribution >= 0.6 is 0 Å². The zero-order valence-corrected chi connectivity index (χ0v) is 37.3. The Morgan fingerprint density at radius 1 is 0.603 bits per heavy atom. The molecule has 1 amide bonds. The number of likely N-dealkylation sites (tertiary alicyclic amines) is 1. The summed E-state index contributed by atoms with van der Waals surface area (Å²) in [6.07, 6.45) is 2.74. The van der Waals surface area contributed by atoms with Crippen molar-refractivity contribution in [3.63, 3.8) is 0 Å². The SMILES string of the molecule is CCCCCCCCO[C@@H]1O[C@H](CCCN2[C@H](COCc3ccccc3)[C@H](OCc3ccccc3)[C@H](OCc3ccccc3)[C@H]2COCc2ccccc2)[C@@H](O)[C@H](O)[C@H]1NC(C)=O. The van der Waals surface area contributed by atoms with Gasteiger partial charge in [0.05, 0.1) is 57.8 Å². The molecule has 2 aliphatic rings. The monoisotopic (exact) mass is 867 g/mol. The normalized spacial score (nSPS) is 25.0. The summed E-state index contributed by atoms with van der Waals surface area (Å²) in [5.74, 6) is -0.329. The molecular formula is C52H70N2O9. The lowest BCUT2D eigenvalue weighted by atomic mass is 9.94. The van der Waals surface area contributed by atoms with Crippen molar-refractivity contribution in [2.24, 2.45) is 0 Å². The van der Waals surface area contributed by atoms with Gasteiger partial charge < -0.3 is 44.0 Å². The molecule has 0 aliphatic carbocycles. The summed E-state index contributed by atoms with van der Waals surface area (Å²) in [7, 11) is 0. The van der Waals surface area contributed by atoms with Gasteiger partial charge in [-0.2, -0.15) is 0 Å². The zero-order valence-electron chi connectivity index (χ0n) is 37.3. The maximum Gasteiger partial charge on any atom is 0.217 e. The molecule has 3 N–H and O–H groups in total. The average Bonchev–Trinajstić information content (AvgIpc) is 3.58. The number of carbonyl (C=O) groups is 1. The van der Waals surface area contributed by atoms with Crippen molar-refractivity contribution in [3.8, 4) is 0 Å². The van der Waals surface area contributed by atoms with E-state index >= 15 is 0 Å². The maximum atomic E-state index is 12.2. The molecule has 4 aromatic carbocycles. The fraction of sp³-hybridized carbons (Fsp3) is 0.519. The molecule has 2 saturated heterocycles. The van der Waals surface area contributed by atoms with Crippen LogP contribution in [-0.2, 0) is 59.6 Å². The molecule has 11 nitrogen and oxygen atoms in total. The van der Waals surface area contributed by atoms with Crippen LogP contribution in [0.15, 0.2) is 121 Å². The smallest absolute Gasteiger partial charge is 0.217 e. The molecule has 0 aromatic heterocycles. The molecule has 0 saturated carbocycles. The minimum atomic E-state index is -1.27. The van der Waals surface area contributed by atoms with Crippen molar-refractivity contribution in [1.29, 1.82) is 0 Å². The fourth-order valence-corrected chi connectivity index (χ4v) is 8.72. The highest BCUT2D eigenvalue weighted by molar-refractivity contribution is 5.73. The van der Waals surface area contributed by atoms with Crippen molar-refractivity contribution in [3.05, 3.63) is 144 Å². The predicted octanol–water partition coefficient (Wildman–Crippen LogP) is 7.75. The lowest BCUT2D eigenvalue weighted by Crippen LogP contribution is -2.64. The molecule has 0 bridgehead atoms. The lowest BCUT2D eigenvalue weighted by Gasteiger charge is -2.43. The number of hydrogen-bond acceptors (Lipinski definition) is 10. The Labute approximate surface area is 375 Å². The van der Waals surface area contributed by atoms with Gasteiger partial charge in [-0.05, 0) is 48.1 Å². The van der Waals surface area contributed by atoms with Gasteiger partial charge in [-0.1, -0.05) is 160 Å². The van der Waals surface area contributed by atoms with Gasteiger partial charge >= 0.3 is 0 Å². The van der Waals surface area contributed by atoms with E-state index in [1.165, 1.54) is 26.2 Å². The highest BCUT2D eigenvalue weighted by atomic mass is 16.7. The maximum absolute atomic E-state index is 12.2. The van der Waals surface area contributed by atoms with E-state index in [1.807, 2.05) is 72.8 Å². The molecule has 2 fully saturated rings. The highest BCUT2D eigenvalue weighted by Crippen LogP contribution is 2.34. The van der Waals surface area contributed by atoms with E-state index in [-0.39, 0.29) is 30.2 Å². The summed E-state index contributed by atoms with van der Waals surface area (Å²) in [6, 6.07) is 39.3. The molecule has 2 heterocycles. The number of hydrogen-bond donors (Lipinski definition) is 3. The van der Waals surface area contributed by atoms with Gasteiger partial charge in [-0.25, -0.2) is 0 Å². The highest BCUT2D eigenvalue weighted by Gasteiger charge is 2.51. The van der Waals surface area contributed by atoms with E-state index in [0.717, 1.165) is 41.5 Å². The van der Waals surface area contributed by atoms with Crippen LogP contribution < -0.4 is 5.32 Å². The predicted molar refractivity (Wildman–Crippen MR) is 243 cm³/mol.